The molecule has 58 valence electrons. The van der Waals surface area contributed by atoms with Crippen LogP contribution in [0.25, 0.3) is 9.40 Å². The van der Waals surface area contributed by atoms with Crippen LogP contribution in [0, 0.1) is 0 Å². The number of aliphatic hydroxyl groups is 1. The van der Waals surface area contributed by atoms with Gasteiger partial charge in [0.25, 0.3) is 0 Å². The van der Waals surface area contributed by atoms with E-state index in [1.807, 2.05) is 6.07 Å². The lowest BCUT2D eigenvalue weighted by Crippen LogP contribution is -1.70. The van der Waals surface area contributed by atoms with E-state index >= 15 is 0 Å². The molecule has 0 radical (unpaired) electrons. The highest BCUT2D eigenvalue weighted by molar-refractivity contribution is 9.11. The van der Waals surface area contributed by atoms with Crippen LogP contribution in [0.4, 0.5) is 0 Å². The minimum absolute atomic E-state index is 0.156. The first-order valence-electron chi connectivity index (χ1n) is 3.08. The normalized spacial score (nSPS) is 11.1. The van der Waals surface area contributed by atoms with Crippen LogP contribution >= 0.6 is 38.6 Å². The zero-order valence-electron chi connectivity index (χ0n) is 5.50. The van der Waals surface area contributed by atoms with Gasteiger partial charge >= 0.3 is 0 Å². The van der Waals surface area contributed by atoms with Crippen LogP contribution in [-0.2, 0) is 6.61 Å². The van der Waals surface area contributed by atoms with E-state index in [0.29, 0.717) is 0 Å². The first-order chi connectivity index (χ1) is 5.29. The van der Waals surface area contributed by atoms with Crippen molar-refractivity contribution in [3.8, 4) is 0 Å². The summed E-state index contributed by atoms with van der Waals surface area (Å²) >= 11 is 6.78. The summed E-state index contributed by atoms with van der Waals surface area (Å²) in [5, 5.41) is 10.1. The molecule has 2 aromatic heterocycles. The second-order valence-electron chi connectivity index (χ2n) is 2.16. The van der Waals surface area contributed by atoms with Crippen LogP contribution < -0.4 is 0 Å². The van der Waals surface area contributed by atoms with E-state index in [1.165, 1.54) is 9.40 Å². The molecule has 4 heteroatoms. The summed E-state index contributed by atoms with van der Waals surface area (Å²) in [5.41, 5.74) is 0. The number of halogens is 1. The predicted molar refractivity (Wildman–Crippen MR) is 53.3 cm³/mol. The molecule has 11 heavy (non-hydrogen) atoms. The average Bonchev–Trinajstić information content (AvgIpc) is 2.43. The van der Waals surface area contributed by atoms with Crippen molar-refractivity contribution in [2.24, 2.45) is 0 Å². The molecule has 0 aromatic carbocycles. The SMILES string of the molecule is OCc1cc2cc(Br)sc2s1. The van der Waals surface area contributed by atoms with Crippen molar-refractivity contribution in [3.63, 3.8) is 0 Å². The molecule has 0 aliphatic carbocycles. The highest BCUT2D eigenvalue weighted by Crippen LogP contribution is 2.35. The molecule has 0 amide bonds. The first kappa shape index (κ1) is 7.73. The van der Waals surface area contributed by atoms with E-state index in [0.717, 1.165) is 8.66 Å². The van der Waals surface area contributed by atoms with Crippen LogP contribution in [0.2, 0.25) is 0 Å². The van der Waals surface area contributed by atoms with E-state index in [2.05, 4.69) is 22.0 Å². The summed E-state index contributed by atoms with van der Waals surface area (Å²) in [7, 11) is 0. The van der Waals surface area contributed by atoms with Gasteiger partial charge in [-0.3, -0.25) is 0 Å². The van der Waals surface area contributed by atoms with Crippen molar-refractivity contribution in [2.45, 2.75) is 6.61 Å². The van der Waals surface area contributed by atoms with Gasteiger partial charge in [0.1, 0.15) is 0 Å². The Bertz CT molecular complexity index is 345. The Hall–Kier alpha value is 0.1000. The molecule has 0 atom stereocenters. The van der Waals surface area contributed by atoms with Gasteiger partial charge in [0, 0.05) is 10.3 Å². The number of thiophene rings is 2. The molecule has 0 aliphatic heterocycles. The standard InChI is InChI=1S/C7H5BrOS2/c8-6-2-4-1-5(3-9)10-7(4)11-6/h1-2,9H,3H2. The maximum atomic E-state index is 8.83. The largest absolute Gasteiger partial charge is 0.391 e. The lowest BCUT2D eigenvalue weighted by molar-refractivity contribution is 0.285. The molecule has 0 bridgehead atoms. The third-order valence-corrected chi connectivity index (χ3v) is 4.27. The zero-order valence-corrected chi connectivity index (χ0v) is 8.72. The molecular weight excluding hydrogens is 244 g/mol. The quantitative estimate of drug-likeness (QED) is 0.822. The van der Waals surface area contributed by atoms with Gasteiger partial charge in [-0.1, -0.05) is 0 Å². The summed E-state index contributed by atoms with van der Waals surface area (Å²) in [4.78, 5) is 1.04. The van der Waals surface area contributed by atoms with Crippen LogP contribution in [-0.4, -0.2) is 5.11 Å². The molecule has 2 heterocycles. The Morgan fingerprint density at radius 3 is 2.82 bits per heavy atom. The Labute approximate surface area is 80.4 Å². The van der Waals surface area contributed by atoms with Gasteiger partial charge in [-0.05, 0) is 28.1 Å². The minimum atomic E-state index is 0.156. The Balaban J connectivity index is 2.64. The first-order valence-corrected chi connectivity index (χ1v) is 5.51. The van der Waals surface area contributed by atoms with Crippen LogP contribution in [0.3, 0.4) is 0 Å². The minimum Gasteiger partial charge on any atom is -0.391 e. The fraction of sp³-hybridized carbons (Fsp3) is 0.143. The molecule has 0 aliphatic rings. The second kappa shape index (κ2) is 2.86. The fourth-order valence-electron chi connectivity index (χ4n) is 0.938. The van der Waals surface area contributed by atoms with E-state index in [1.54, 1.807) is 22.7 Å². The zero-order chi connectivity index (χ0) is 7.84. The molecule has 0 fully saturated rings. The third kappa shape index (κ3) is 1.36. The van der Waals surface area contributed by atoms with Gasteiger partial charge in [0.2, 0.25) is 0 Å². The number of hydrogen-bond donors (Lipinski definition) is 1. The van der Waals surface area contributed by atoms with Crippen LogP contribution in [0.15, 0.2) is 15.9 Å². The van der Waals surface area contributed by atoms with Crippen molar-refractivity contribution < 1.29 is 5.11 Å². The van der Waals surface area contributed by atoms with Crippen molar-refractivity contribution in [1.82, 2.24) is 0 Å². The second-order valence-corrected chi connectivity index (χ2v) is 5.99. The molecular formula is C7H5BrOS2. The van der Waals surface area contributed by atoms with Crippen molar-refractivity contribution in [2.75, 3.05) is 0 Å². The predicted octanol–water partition coefficient (Wildman–Crippen LogP) is 3.22. The number of rotatable bonds is 1. The summed E-state index contributed by atoms with van der Waals surface area (Å²) in [6.45, 7) is 0.156. The van der Waals surface area contributed by atoms with Gasteiger partial charge in [-0.15, -0.1) is 22.7 Å². The summed E-state index contributed by atoms with van der Waals surface area (Å²) in [5.74, 6) is 0. The molecule has 0 saturated heterocycles. The molecule has 1 nitrogen and oxygen atoms in total. The van der Waals surface area contributed by atoms with Gasteiger partial charge in [0.05, 0.1) is 14.4 Å². The summed E-state index contributed by atoms with van der Waals surface area (Å²) < 4.78 is 2.43. The molecule has 0 spiro atoms. The lowest BCUT2D eigenvalue weighted by Gasteiger charge is -1.81. The molecule has 0 unspecified atom stereocenters. The van der Waals surface area contributed by atoms with Crippen molar-refractivity contribution in [1.29, 1.82) is 0 Å². The van der Waals surface area contributed by atoms with E-state index in [4.69, 9.17) is 5.11 Å². The maximum Gasteiger partial charge on any atom is 0.0880 e. The Kier molecular flexibility index (Phi) is 2.01. The van der Waals surface area contributed by atoms with E-state index in [-0.39, 0.29) is 6.61 Å². The fourth-order valence-corrected chi connectivity index (χ4v) is 4.07. The lowest BCUT2D eigenvalue weighted by atomic mass is 10.4. The monoisotopic (exact) mass is 248 g/mol. The number of fused-ring (bicyclic) bond motifs is 1. The van der Waals surface area contributed by atoms with Gasteiger partial charge in [0.15, 0.2) is 0 Å². The summed E-state index contributed by atoms with van der Waals surface area (Å²) in [6, 6.07) is 4.11. The highest BCUT2D eigenvalue weighted by atomic mass is 79.9. The Morgan fingerprint density at radius 2 is 2.18 bits per heavy atom. The molecule has 0 saturated carbocycles. The molecule has 2 aromatic rings. The van der Waals surface area contributed by atoms with Crippen molar-refractivity contribution in [3.05, 3.63) is 20.8 Å². The van der Waals surface area contributed by atoms with E-state index in [9.17, 15) is 0 Å². The maximum absolute atomic E-state index is 8.83. The Morgan fingerprint density at radius 1 is 1.36 bits per heavy atom. The number of aliphatic hydroxyl groups excluding tert-OH is 1. The molecule has 1 N–H and O–H groups in total. The van der Waals surface area contributed by atoms with E-state index < -0.39 is 0 Å². The van der Waals surface area contributed by atoms with Gasteiger partial charge in [-0.2, -0.15) is 0 Å². The average molecular weight is 249 g/mol. The highest BCUT2D eigenvalue weighted by Gasteiger charge is 2.03. The third-order valence-electron chi connectivity index (χ3n) is 1.39. The molecule has 2 rings (SSSR count). The van der Waals surface area contributed by atoms with Gasteiger partial charge in [-0.25, -0.2) is 0 Å². The topological polar surface area (TPSA) is 20.2 Å². The van der Waals surface area contributed by atoms with Crippen LogP contribution in [0.5, 0.6) is 0 Å². The summed E-state index contributed by atoms with van der Waals surface area (Å²) in [6.07, 6.45) is 0. The smallest absolute Gasteiger partial charge is 0.0880 e. The van der Waals surface area contributed by atoms with Gasteiger partial charge < -0.3 is 5.11 Å². The number of hydrogen-bond acceptors (Lipinski definition) is 3. The van der Waals surface area contributed by atoms with Crippen LogP contribution in [0.1, 0.15) is 4.88 Å². The van der Waals surface area contributed by atoms with Crippen molar-refractivity contribution >= 4 is 48.0 Å².